The van der Waals surface area contributed by atoms with Gasteiger partial charge >= 0.3 is 0 Å². The van der Waals surface area contributed by atoms with Gasteiger partial charge < -0.3 is 10.2 Å². The van der Waals surface area contributed by atoms with E-state index in [1.807, 2.05) is 6.20 Å². The lowest BCUT2D eigenvalue weighted by atomic mass is 10.1. The highest BCUT2D eigenvalue weighted by Crippen LogP contribution is 2.12. The van der Waals surface area contributed by atoms with E-state index >= 15 is 0 Å². The molecule has 0 unspecified atom stereocenters. The molecule has 1 aliphatic heterocycles. The van der Waals surface area contributed by atoms with Gasteiger partial charge in [-0.15, -0.1) is 0 Å². The molecule has 1 saturated heterocycles. The van der Waals surface area contributed by atoms with Crippen LogP contribution in [0.15, 0.2) is 37.1 Å². The van der Waals surface area contributed by atoms with Crippen molar-refractivity contribution in [2.45, 2.75) is 25.8 Å². The van der Waals surface area contributed by atoms with E-state index in [1.54, 1.807) is 35.4 Å². The van der Waals surface area contributed by atoms with Gasteiger partial charge in [-0.2, -0.15) is 0 Å². The molecule has 0 aromatic carbocycles. The first kappa shape index (κ1) is 14.7. The Balaban J connectivity index is 1.68. The van der Waals surface area contributed by atoms with Gasteiger partial charge in [0.05, 0.1) is 0 Å². The molecule has 0 spiro atoms. The number of likely N-dealkylation sites (tertiary alicyclic amines) is 1. The van der Waals surface area contributed by atoms with Crippen molar-refractivity contribution in [1.29, 1.82) is 0 Å². The number of amides is 1. The van der Waals surface area contributed by atoms with Crippen LogP contribution in [0.4, 0.5) is 0 Å². The summed E-state index contributed by atoms with van der Waals surface area (Å²) >= 11 is 0. The van der Waals surface area contributed by atoms with E-state index in [1.165, 1.54) is 0 Å². The number of nitrogens with one attached hydrogen (secondary N) is 1. The number of piperidine rings is 1. The summed E-state index contributed by atoms with van der Waals surface area (Å²) < 4.78 is 1.79. The van der Waals surface area contributed by atoms with Crippen molar-refractivity contribution in [3.63, 3.8) is 0 Å². The zero-order chi connectivity index (χ0) is 15.4. The van der Waals surface area contributed by atoms with Gasteiger partial charge in [0.25, 0.3) is 5.91 Å². The quantitative estimate of drug-likeness (QED) is 0.929. The lowest BCUT2D eigenvalue weighted by molar-refractivity contribution is 0.0905. The third-order valence-corrected chi connectivity index (χ3v) is 4.06. The molecule has 3 heterocycles. The fourth-order valence-corrected chi connectivity index (χ4v) is 2.82. The van der Waals surface area contributed by atoms with E-state index in [-0.39, 0.29) is 11.9 Å². The van der Waals surface area contributed by atoms with Crippen molar-refractivity contribution in [1.82, 2.24) is 24.8 Å². The smallest absolute Gasteiger partial charge is 0.251 e. The van der Waals surface area contributed by atoms with Gasteiger partial charge in [0.1, 0.15) is 12.1 Å². The average Bonchev–Trinajstić information content (AvgIpc) is 3.09. The highest BCUT2D eigenvalue weighted by Gasteiger charge is 2.21. The van der Waals surface area contributed by atoms with E-state index in [4.69, 9.17) is 0 Å². The maximum atomic E-state index is 12.4. The molecular weight excluding hydrogens is 278 g/mol. The molecule has 2 aromatic rings. The Kier molecular flexibility index (Phi) is 4.48. The lowest BCUT2D eigenvalue weighted by Gasteiger charge is -2.32. The summed E-state index contributed by atoms with van der Waals surface area (Å²) in [6.45, 7) is 5.25. The predicted octanol–water partition coefficient (Wildman–Crippen LogP) is 1.48. The third kappa shape index (κ3) is 3.33. The second kappa shape index (κ2) is 6.70. The molecule has 116 valence electrons. The largest absolute Gasteiger partial charge is 0.348 e. The maximum Gasteiger partial charge on any atom is 0.251 e. The molecule has 6 nitrogen and oxygen atoms in total. The number of carbonyl (C=O) groups is 1. The topological polar surface area (TPSA) is 63.1 Å². The van der Waals surface area contributed by atoms with Gasteiger partial charge in [-0.05, 0) is 38.1 Å². The molecule has 0 bridgehead atoms. The summed E-state index contributed by atoms with van der Waals surface area (Å²) in [6, 6.07) is 3.76. The van der Waals surface area contributed by atoms with Gasteiger partial charge in [-0.1, -0.05) is 6.92 Å². The number of likely N-dealkylation sites (N-methyl/N-ethyl adjacent to an activating group) is 1. The summed E-state index contributed by atoms with van der Waals surface area (Å²) in [5, 5.41) is 3.14. The molecule has 0 saturated carbocycles. The minimum absolute atomic E-state index is 0.0354. The summed E-state index contributed by atoms with van der Waals surface area (Å²) in [7, 11) is 0. The van der Waals surface area contributed by atoms with Crippen molar-refractivity contribution >= 4 is 5.91 Å². The molecule has 6 heteroatoms. The molecule has 1 aliphatic rings. The Morgan fingerprint density at radius 1 is 1.45 bits per heavy atom. The maximum absolute atomic E-state index is 12.4. The fourth-order valence-electron chi connectivity index (χ4n) is 2.82. The number of rotatable bonds is 4. The van der Waals surface area contributed by atoms with E-state index in [0.717, 1.165) is 32.5 Å². The standard InChI is InChI=1S/C16H21N5O/c1-2-20-8-3-4-14(11-20)19-16(22)13-5-6-18-15(10-13)21-9-7-17-12-21/h5-7,9-10,12,14H,2-4,8,11H2,1H3,(H,19,22)/t14-/m0/s1. The van der Waals surface area contributed by atoms with Crippen LogP contribution < -0.4 is 5.32 Å². The number of nitrogens with zero attached hydrogens (tertiary/aromatic N) is 4. The van der Waals surface area contributed by atoms with Crippen molar-refractivity contribution in [2.75, 3.05) is 19.6 Å². The minimum atomic E-state index is -0.0354. The van der Waals surface area contributed by atoms with Crippen molar-refractivity contribution < 1.29 is 4.79 Å². The molecule has 1 atom stereocenters. The van der Waals surface area contributed by atoms with Crippen LogP contribution in [-0.4, -0.2) is 51.0 Å². The predicted molar refractivity (Wildman–Crippen MR) is 84.0 cm³/mol. The highest BCUT2D eigenvalue weighted by molar-refractivity contribution is 5.94. The molecule has 0 radical (unpaired) electrons. The first-order chi connectivity index (χ1) is 10.8. The summed E-state index contributed by atoms with van der Waals surface area (Å²) in [5.41, 5.74) is 0.632. The summed E-state index contributed by atoms with van der Waals surface area (Å²) in [4.78, 5) is 23.1. The van der Waals surface area contributed by atoms with Gasteiger partial charge in [0.2, 0.25) is 0 Å². The van der Waals surface area contributed by atoms with Crippen molar-refractivity contribution in [3.05, 3.63) is 42.6 Å². The Morgan fingerprint density at radius 2 is 2.36 bits per heavy atom. The van der Waals surface area contributed by atoms with Crippen molar-refractivity contribution in [3.8, 4) is 5.82 Å². The van der Waals surface area contributed by atoms with E-state index in [2.05, 4.69) is 27.1 Å². The van der Waals surface area contributed by atoms with E-state index < -0.39 is 0 Å². The average molecular weight is 299 g/mol. The zero-order valence-corrected chi connectivity index (χ0v) is 12.8. The summed E-state index contributed by atoms with van der Waals surface area (Å²) in [5.74, 6) is 0.663. The number of aromatic nitrogens is 3. The fraction of sp³-hybridized carbons (Fsp3) is 0.438. The van der Waals surface area contributed by atoms with Crippen LogP contribution >= 0.6 is 0 Å². The van der Waals surface area contributed by atoms with E-state index in [0.29, 0.717) is 11.4 Å². The van der Waals surface area contributed by atoms with Crippen LogP contribution in [0.2, 0.25) is 0 Å². The van der Waals surface area contributed by atoms with Crippen LogP contribution in [0.25, 0.3) is 5.82 Å². The van der Waals surface area contributed by atoms with Crippen LogP contribution in [0.1, 0.15) is 30.1 Å². The number of hydrogen-bond acceptors (Lipinski definition) is 4. The Labute approximate surface area is 130 Å². The van der Waals surface area contributed by atoms with Gasteiger partial charge in [0.15, 0.2) is 0 Å². The Morgan fingerprint density at radius 3 is 3.14 bits per heavy atom. The minimum Gasteiger partial charge on any atom is -0.348 e. The highest BCUT2D eigenvalue weighted by atomic mass is 16.1. The molecule has 0 aliphatic carbocycles. The number of pyridine rings is 1. The lowest BCUT2D eigenvalue weighted by Crippen LogP contribution is -2.47. The van der Waals surface area contributed by atoms with Gasteiger partial charge in [-0.3, -0.25) is 9.36 Å². The normalized spacial score (nSPS) is 19.0. The SMILES string of the molecule is CCN1CCC[C@H](NC(=O)c2ccnc(-n3ccnc3)c2)C1. The van der Waals surface area contributed by atoms with Crippen molar-refractivity contribution in [2.24, 2.45) is 0 Å². The first-order valence-electron chi connectivity index (χ1n) is 7.74. The van der Waals surface area contributed by atoms with Crippen LogP contribution in [0.3, 0.4) is 0 Å². The van der Waals surface area contributed by atoms with Crippen LogP contribution in [0, 0.1) is 0 Å². The molecule has 3 rings (SSSR count). The van der Waals surface area contributed by atoms with Gasteiger partial charge in [0, 0.05) is 36.7 Å². The van der Waals surface area contributed by atoms with Crippen LogP contribution in [-0.2, 0) is 0 Å². The second-order valence-electron chi connectivity index (χ2n) is 5.58. The molecule has 1 amide bonds. The number of carbonyl (C=O) groups excluding carboxylic acids is 1. The van der Waals surface area contributed by atoms with Gasteiger partial charge in [-0.25, -0.2) is 9.97 Å². The monoisotopic (exact) mass is 299 g/mol. The third-order valence-electron chi connectivity index (χ3n) is 4.06. The molecular formula is C16H21N5O. The van der Waals surface area contributed by atoms with Crippen LogP contribution in [0.5, 0.6) is 0 Å². The molecule has 1 N–H and O–H groups in total. The molecule has 2 aromatic heterocycles. The zero-order valence-electron chi connectivity index (χ0n) is 12.8. The number of hydrogen-bond donors (Lipinski definition) is 1. The van der Waals surface area contributed by atoms with E-state index in [9.17, 15) is 4.79 Å². The second-order valence-corrected chi connectivity index (χ2v) is 5.58. The number of imidazole rings is 1. The molecule has 22 heavy (non-hydrogen) atoms. The summed E-state index contributed by atoms with van der Waals surface area (Å²) in [6.07, 6.45) is 9.00. The molecule has 1 fully saturated rings. The Bertz CT molecular complexity index is 625. The first-order valence-corrected chi connectivity index (χ1v) is 7.74. The Hall–Kier alpha value is -2.21.